The van der Waals surface area contributed by atoms with Gasteiger partial charge in [0.15, 0.2) is 0 Å². The van der Waals surface area contributed by atoms with Crippen molar-refractivity contribution in [3.05, 3.63) is 12.2 Å². The molecular weight excluding hydrogens is 178 g/mol. The van der Waals surface area contributed by atoms with Gasteiger partial charge in [-0.25, -0.2) is 0 Å². The van der Waals surface area contributed by atoms with Gasteiger partial charge in [-0.1, -0.05) is 0 Å². The fourth-order valence-corrected chi connectivity index (χ4v) is 1.54. The predicted molar refractivity (Wildman–Crippen MR) is 54.2 cm³/mol. The van der Waals surface area contributed by atoms with Crippen LogP contribution in [0, 0.1) is 0 Å². The lowest BCUT2D eigenvalue weighted by atomic mass is 10.3. The third-order valence-corrected chi connectivity index (χ3v) is 2.36. The highest BCUT2D eigenvalue weighted by Gasteiger charge is 2.05. The summed E-state index contributed by atoms with van der Waals surface area (Å²) in [6.45, 7) is 1.87. The summed E-state index contributed by atoms with van der Waals surface area (Å²) in [4.78, 5) is 4.34. The van der Waals surface area contributed by atoms with Crippen LogP contribution in [-0.4, -0.2) is 33.7 Å². The van der Waals surface area contributed by atoms with Crippen molar-refractivity contribution in [2.24, 2.45) is 12.0 Å². The molecule has 0 fully saturated rings. The van der Waals surface area contributed by atoms with E-state index in [0.29, 0.717) is 0 Å². The first-order valence-electron chi connectivity index (χ1n) is 4.96. The van der Waals surface area contributed by atoms with E-state index in [4.69, 9.17) is 0 Å². The second kappa shape index (κ2) is 4.21. The Morgan fingerprint density at radius 1 is 1.57 bits per heavy atom. The maximum atomic E-state index is 4.34. The number of aliphatic imine (C=N–C) groups is 1. The number of rotatable bonds is 3. The van der Waals surface area contributed by atoms with E-state index in [-0.39, 0.29) is 0 Å². The topological polar surface area (TPSA) is 55.1 Å². The Kier molecular flexibility index (Phi) is 2.76. The second-order valence-corrected chi connectivity index (χ2v) is 3.47. The van der Waals surface area contributed by atoms with Gasteiger partial charge in [0.05, 0.1) is 5.84 Å². The molecule has 0 unspecified atom stereocenters. The predicted octanol–water partition coefficient (Wildman–Crippen LogP) is 0.139. The van der Waals surface area contributed by atoms with Gasteiger partial charge < -0.3 is 9.88 Å². The van der Waals surface area contributed by atoms with Gasteiger partial charge in [0.2, 0.25) is 0 Å². The van der Waals surface area contributed by atoms with E-state index in [1.54, 1.807) is 6.33 Å². The Bertz CT molecular complexity index is 328. The third kappa shape index (κ3) is 2.10. The van der Waals surface area contributed by atoms with Crippen molar-refractivity contribution >= 4 is 5.84 Å². The highest BCUT2D eigenvalue weighted by Crippen LogP contribution is 2.01. The van der Waals surface area contributed by atoms with Crippen LogP contribution < -0.4 is 5.32 Å². The van der Waals surface area contributed by atoms with E-state index in [1.165, 1.54) is 6.42 Å². The normalized spacial score (nSPS) is 15.6. The monoisotopic (exact) mass is 193 g/mol. The van der Waals surface area contributed by atoms with Gasteiger partial charge in [-0.3, -0.25) is 4.99 Å². The average molecular weight is 193 g/mol. The maximum Gasteiger partial charge on any atom is 0.134 e. The Labute approximate surface area is 83.3 Å². The van der Waals surface area contributed by atoms with Crippen LogP contribution >= 0.6 is 0 Å². The first-order chi connectivity index (χ1) is 6.86. The summed E-state index contributed by atoms with van der Waals surface area (Å²) in [5.74, 6) is 2.16. The Balaban J connectivity index is 1.75. The Hall–Kier alpha value is -1.39. The maximum absolute atomic E-state index is 4.34. The lowest BCUT2D eigenvalue weighted by Crippen LogP contribution is -2.24. The molecule has 0 amide bonds. The minimum Gasteiger partial charge on any atom is -0.373 e. The minimum atomic E-state index is 0.894. The number of nitrogens with zero attached hydrogens (tertiary/aromatic N) is 4. The third-order valence-electron chi connectivity index (χ3n) is 2.36. The highest BCUT2D eigenvalue weighted by atomic mass is 15.2. The van der Waals surface area contributed by atoms with E-state index in [2.05, 4.69) is 20.5 Å². The molecule has 2 heterocycles. The summed E-state index contributed by atoms with van der Waals surface area (Å²) < 4.78 is 1.94. The molecule has 1 N–H and O–H groups in total. The quantitative estimate of drug-likeness (QED) is 0.743. The van der Waals surface area contributed by atoms with Crippen molar-refractivity contribution in [3.8, 4) is 0 Å². The molecule has 0 radical (unpaired) electrons. The molecule has 0 bridgehead atoms. The minimum absolute atomic E-state index is 0.894. The summed E-state index contributed by atoms with van der Waals surface area (Å²) in [5.41, 5.74) is 0. The van der Waals surface area contributed by atoms with E-state index < -0.39 is 0 Å². The van der Waals surface area contributed by atoms with Crippen molar-refractivity contribution in [2.75, 3.05) is 13.1 Å². The summed E-state index contributed by atoms with van der Waals surface area (Å²) >= 11 is 0. The van der Waals surface area contributed by atoms with E-state index in [0.717, 1.165) is 37.6 Å². The van der Waals surface area contributed by atoms with Crippen LogP contribution in [0.3, 0.4) is 0 Å². The molecule has 1 aromatic heterocycles. The van der Waals surface area contributed by atoms with Crippen LogP contribution in [-0.2, 0) is 13.5 Å². The van der Waals surface area contributed by atoms with Crippen LogP contribution in [0.4, 0.5) is 0 Å². The van der Waals surface area contributed by atoms with Crippen molar-refractivity contribution in [2.45, 2.75) is 19.3 Å². The Morgan fingerprint density at radius 2 is 2.50 bits per heavy atom. The van der Waals surface area contributed by atoms with Crippen molar-refractivity contribution in [1.82, 2.24) is 20.1 Å². The molecule has 5 nitrogen and oxygen atoms in total. The number of hydrogen-bond acceptors (Lipinski definition) is 4. The molecular formula is C9H15N5. The number of hydrogen-bond donors (Lipinski definition) is 1. The van der Waals surface area contributed by atoms with Gasteiger partial charge in [0, 0.05) is 33.0 Å². The van der Waals surface area contributed by atoms with Crippen LogP contribution in [0.25, 0.3) is 0 Å². The molecule has 0 saturated heterocycles. The first-order valence-corrected chi connectivity index (χ1v) is 4.96. The number of nitrogens with one attached hydrogen (secondary N) is 1. The largest absolute Gasteiger partial charge is 0.373 e. The molecule has 1 aliphatic rings. The van der Waals surface area contributed by atoms with E-state index in [1.807, 2.05) is 11.6 Å². The van der Waals surface area contributed by atoms with E-state index >= 15 is 0 Å². The lowest BCUT2D eigenvalue weighted by Gasteiger charge is -2.04. The average Bonchev–Trinajstić information content (AvgIpc) is 2.78. The van der Waals surface area contributed by atoms with Crippen molar-refractivity contribution in [3.63, 3.8) is 0 Å². The molecule has 76 valence electrons. The van der Waals surface area contributed by atoms with Crippen LogP contribution in [0.2, 0.25) is 0 Å². The highest BCUT2D eigenvalue weighted by molar-refractivity contribution is 5.83. The zero-order chi connectivity index (χ0) is 9.80. The van der Waals surface area contributed by atoms with Crippen LogP contribution in [0.1, 0.15) is 18.7 Å². The molecule has 5 heteroatoms. The number of aromatic nitrogens is 3. The van der Waals surface area contributed by atoms with Gasteiger partial charge in [0.25, 0.3) is 0 Å². The van der Waals surface area contributed by atoms with Gasteiger partial charge in [0.1, 0.15) is 12.2 Å². The summed E-state index contributed by atoms with van der Waals surface area (Å²) in [6, 6.07) is 0. The summed E-state index contributed by atoms with van der Waals surface area (Å²) in [7, 11) is 1.96. The zero-order valence-corrected chi connectivity index (χ0v) is 8.40. The lowest BCUT2D eigenvalue weighted by molar-refractivity contribution is 0.744. The van der Waals surface area contributed by atoms with Crippen molar-refractivity contribution < 1.29 is 0 Å². The molecule has 2 rings (SSSR count). The molecule has 0 aliphatic carbocycles. The molecule has 0 aromatic carbocycles. The molecule has 0 atom stereocenters. The Morgan fingerprint density at radius 3 is 3.14 bits per heavy atom. The van der Waals surface area contributed by atoms with Gasteiger partial charge in [-0.2, -0.15) is 0 Å². The molecule has 0 spiro atoms. The SMILES string of the molecule is Cn1cnnc1CCNC1=NCCC1. The summed E-state index contributed by atoms with van der Waals surface area (Å²) in [6.07, 6.45) is 4.91. The van der Waals surface area contributed by atoms with Gasteiger partial charge >= 0.3 is 0 Å². The molecule has 1 aromatic rings. The van der Waals surface area contributed by atoms with Crippen LogP contribution in [0.15, 0.2) is 11.3 Å². The van der Waals surface area contributed by atoms with Gasteiger partial charge in [-0.15, -0.1) is 10.2 Å². The standard InChI is InChI=1S/C9H15N5/c1-14-7-12-13-9(14)4-6-11-8-3-2-5-10-8/h7H,2-6H2,1H3,(H,10,11). The molecule has 0 saturated carbocycles. The second-order valence-electron chi connectivity index (χ2n) is 3.47. The fourth-order valence-electron chi connectivity index (χ4n) is 1.54. The zero-order valence-electron chi connectivity index (χ0n) is 8.40. The van der Waals surface area contributed by atoms with Crippen molar-refractivity contribution in [1.29, 1.82) is 0 Å². The number of amidine groups is 1. The molecule has 1 aliphatic heterocycles. The fraction of sp³-hybridized carbons (Fsp3) is 0.667. The summed E-state index contributed by atoms with van der Waals surface area (Å²) in [5, 5.41) is 11.2. The molecule has 14 heavy (non-hydrogen) atoms. The first kappa shape index (κ1) is 9.18. The van der Waals surface area contributed by atoms with Crippen LogP contribution in [0.5, 0.6) is 0 Å². The van der Waals surface area contributed by atoms with E-state index in [9.17, 15) is 0 Å². The number of aryl methyl sites for hydroxylation is 1. The smallest absolute Gasteiger partial charge is 0.134 e. The van der Waals surface area contributed by atoms with Gasteiger partial charge in [-0.05, 0) is 6.42 Å².